The third kappa shape index (κ3) is 5.10. The Morgan fingerprint density at radius 1 is 1.03 bits per heavy atom. The van der Waals surface area contributed by atoms with Crippen LogP contribution in [0.3, 0.4) is 0 Å². The van der Waals surface area contributed by atoms with Gasteiger partial charge in [-0.25, -0.2) is 0 Å². The number of nitrogens with zero attached hydrogens (tertiary/aromatic N) is 3. The van der Waals surface area contributed by atoms with Crippen LogP contribution in [0.5, 0.6) is 0 Å². The number of anilines is 2. The molecule has 2 aliphatic rings. The fourth-order valence-electron chi connectivity index (χ4n) is 5.37. The molecule has 1 atom stereocenters. The summed E-state index contributed by atoms with van der Waals surface area (Å²) in [6.07, 6.45) is 8.71. The average Bonchev–Trinajstić information content (AvgIpc) is 3.32. The Bertz CT molecular complexity index is 1150. The summed E-state index contributed by atoms with van der Waals surface area (Å²) in [4.78, 5) is 17.4. The molecule has 5 rings (SSSR count). The number of nitrogens with one attached hydrogen (secondary N) is 2. The first kappa shape index (κ1) is 22.9. The Hall–Kier alpha value is -2.90. The number of nitro groups is 1. The first-order chi connectivity index (χ1) is 16.6. The van der Waals surface area contributed by atoms with E-state index in [2.05, 4.69) is 20.5 Å². The minimum Gasteiger partial charge on any atom is -0.382 e. The summed E-state index contributed by atoms with van der Waals surface area (Å²) in [7, 11) is 0. The number of aromatic nitrogens is 1. The van der Waals surface area contributed by atoms with Gasteiger partial charge in [0.25, 0.3) is 5.69 Å². The van der Waals surface area contributed by atoms with E-state index in [-0.39, 0.29) is 10.6 Å². The van der Waals surface area contributed by atoms with Crippen LogP contribution < -0.4 is 15.5 Å². The van der Waals surface area contributed by atoms with Crippen molar-refractivity contribution in [3.05, 3.63) is 69.9 Å². The molecule has 0 radical (unpaired) electrons. The molecule has 1 aromatic heterocycles. The first-order valence-corrected chi connectivity index (χ1v) is 12.5. The van der Waals surface area contributed by atoms with Crippen LogP contribution in [0.15, 0.2) is 54.7 Å². The smallest absolute Gasteiger partial charge is 0.269 e. The van der Waals surface area contributed by atoms with Gasteiger partial charge in [0.2, 0.25) is 0 Å². The standard InChI is InChI=1S/C26H30ClN5O2/c27-18-3-12-24-25(13-14-28-26(24)16-18)30-20-6-4-19(5-7-20)29-17-23-2-1-15-31(23)21-8-10-22(11-9-21)32(33)34/h3,8-14,16,19-20,23,29H,1-2,4-7,15,17H2,(H,28,30)/t19-,20+,23-/m1/s1. The zero-order valence-electron chi connectivity index (χ0n) is 19.1. The monoisotopic (exact) mass is 479 g/mol. The lowest BCUT2D eigenvalue weighted by molar-refractivity contribution is -0.384. The molecule has 0 spiro atoms. The topological polar surface area (TPSA) is 83.3 Å². The molecule has 8 heteroatoms. The van der Waals surface area contributed by atoms with Crippen LogP contribution in [-0.4, -0.2) is 41.1 Å². The Morgan fingerprint density at radius 2 is 1.79 bits per heavy atom. The van der Waals surface area contributed by atoms with Crippen molar-refractivity contribution in [3.63, 3.8) is 0 Å². The van der Waals surface area contributed by atoms with Crippen LogP contribution in [0.25, 0.3) is 10.9 Å². The molecule has 2 fully saturated rings. The molecular formula is C26H30ClN5O2. The number of halogens is 1. The lowest BCUT2D eigenvalue weighted by Crippen LogP contribution is -2.44. The van der Waals surface area contributed by atoms with Crippen molar-refractivity contribution in [3.8, 4) is 0 Å². The second kappa shape index (κ2) is 10.2. The zero-order chi connectivity index (χ0) is 23.5. The highest BCUT2D eigenvalue weighted by Gasteiger charge is 2.27. The lowest BCUT2D eigenvalue weighted by Gasteiger charge is -2.33. The number of non-ortho nitro benzene ring substituents is 1. The molecule has 1 saturated heterocycles. The van der Waals surface area contributed by atoms with Crippen LogP contribution in [0.2, 0.25) is 5.02 Å². The molecule has 7 nitrogen and oxygen atoms in total. The molecule has 3 aromatic rings. The third-order valence-electron chi connectivity index (χ3n) is 7.20. The summed E-state index contributed by atoms with van der Waals surface area (Å²) < 4.78 is 0. The number of pyridine rings is 1. The number of benzene rings is 2. The van der Waals surface area contributed by atoms with Crippen molar-refractivity contribution >= 4 is 39.6 Å². The van der Waals surface area contributed by atoms with E-state index >= 15 is 0 Å². The van der Waals surface area contributed by atoms with Crippen molar-refractivity contribution in [2.45, 2.75) is 56.7 Å². The van der Waals surface area contributed by atoms with E-state index in [4.69, 9.17) is 11.6 Å². The van der Waals surface area contributed by atoms with Crippen LogP contribution in [0.4, 0.5) is 17.1 Å². The Labute approximate surface area is 204 Å². The molecule has 1 aliphatic carbocycles. The molecular weight excluding hydrogens is 450 g/mol. The van der Waals surface area contributed by atoms with Crippen molar-refractivity contribution in [2.24, 2.45) is 0 Å². The average molecular weight is 480 g/mol. The summed E-state index contributed by atoms with van der Waals surface area (Å²) >= 11 is 6.12. The number of hydrogen-bond acceptors (Lipinski definition) is 6. The van der Waals surface area contributed by atoms with Crippen molar-refractivity contribution < 1.29 is 4.92 Å². The maximum Gasteiger partial charge on any atom is 0.269 e. The molecule has 1 saturated carbocycles. The van der Waals surface area contributed by atoms with E-state index in [9.17, 15) is 10.1 Å². The van der Waals surface area contributed by atoms with Gasteiger partial charge in [-0.3, -0.25) is 15.1 Å². The van der Waals surface area contributed by atoms with Gasteiger partial charge in [0.05, 0.1) is 10.4 Å². The SMILES string of the molecule is O=[N+]([O-])c1ccc(N2CCC[C@@H]2CN[C@H]2CC[C@@H](Nc3ccnc4cc(Cl)ccc34)CC2)cc1. The van der Waals surface area contributed by atoms with Crippen molar-refractivity contribution in [2.75, 3.05) is 23.3 Å². The summed E-state index contributed by atoms with van der Waals surface area (Å²) in [5.41, 5.74) is 3.27. The second-order valence-electron chi connectivity index (χ2n) is 9.38. The highest BCUT2D eigenvalue weighted by molar-refractivity contribution is 6.31. The van der Waals surface area contributed by atoms with Gasteiger partial charge < -0.3 is 15.5 Å². The predicted molar refractivity (Wildman–Crippen MR) is 138 cm³/mol. The maximum atomic E-state index is 10.9. The van der Waals surface area contributed by atoms with Gasteiger partial charge in [-0.1, -0.05) is 11.6 Å². The Kier molecular flexibility index (Phi) is 6.83. The minimum absolute atomic E-state index is 0.145. The quantitative estimate of drug-likeness (QED) is 0.330. The van der Waals surface area contributed by atoms with E-state index in [0.717, 1.165) is 73.9 Å². The van der Waals surface area contributed by atoms with Crippen molar-refractivity contribution in [1.82, 2.24) is 10.3 Å². The lowest BCUT2D eigenvalue weighted by atomic mass is 9.90. The number of rotatable bonds is 7. The van der Waals surface area contributed by atoms with E-state index < -0.39 is 0 Å². The molecule has 0 amide bonds. The van der Waals surface area contributed by atoms with E-state index in [1.54, 1.807) is 12.1 Å². The van der Waals surface area contributed by atoms with Crippen molar-refractivity contribution in [1.29, 1.82) is 0 Å². The fraction of sp³-hybridized carbons (Fsp3) is 0.423. The van der Waals surface area contributed by atoms with Crippen LogP contribution in [0.1, 0.15) is 38.5 Å². The normalized spacial score (nSPS) is 22.7. The van der Waals surface area contributed by atoms with Gasteiger partial charge in [0.1, 0.15) is 0 Å². The molecule has 1 aliphatic heterocycles. The van der Waals surface area contributed by atoms with Gasteiger partial charge in [0, 0.05) is 71.3 Å². The minimum atomic E-state index is -0.342. The number of nitro benzene ring substituents is 1. The van der Waals surface area contributed by atoms with Crippen LogP contribution >= 0.6 is 11.6 Å². The third-order valence-corrected chi connectivity index (χ3v) is 7.44. The fourth-order valence-corrected chi connectivity index (χ4v) is 5.53. The molecule has 2 N–H and O–H groups in total. The highest BCUT2D eigenvalue weighted by Crippen LogP contribution is 2.30. The molecule has 178 valence electrons. The molecule has 0 unspecified atom stereocenters. The van der Waals surface area contributed by atoms with Crippen LogP contribution in [0, 0.1) is 10.1 Å². The largest absolute Gasteiger partial charge is 0.382 e. The predicted octanol–water partition coefficient (Wildman–Crippen LogP) is 5.78. The highest BCUT2D eigenvalue weighted by atomic mass is 35.5. The van der Waals surface area contributed by atoms with Gasteiger partial charge in [-0.15, -0.1) is 0 Å². The van der Waals surface area contributed by atoms with Gasteiger partial charge in [0.15, 0.2) is 0 Å². The van der Waals surface area contributed by atoms with E-state index in [1.807, 2.05) is 42.6 Å². The summed E-state index contributed by atoms with van der Waals surface area (Å²) in [6.45, 7) is 1.96. The Balaban J connectivity index is 1.12. The zero-order valence-corrected chi connectivity index (χ0v) is 19.9. The van der Waals surface area contributed by atoms with Gasteiger partial charge in [-0.2, -0.15) is 0 Å². The van der Waals surface area contributed by atoms with E-state index in [1.165, 1.54) is 0 Å². The summed E-state index contributed by atoms with van der Waals surface area (Å²) in [5, 5.41) is 20.3. The molecule has 2 heterocycles. The Morgan fingerprint density at radius 3 is 2.56 bits per heavy atom. The summed E-state index contributed by atoms with van der Waals surface area (Å²) in [6, 6.07) is 16.3. The molecule has 34 heavy (non-hydrogen) atoms. The van der Waals surface area contributed by atoms with Gasteiger partial charge >= 0.3 is 0 Å². The maximum absolute atomic E-state index is 10.9. The molecule has 0 bridgehead atoms. The molecule has 2 aromatic carbocycles. The van der Waals surface area contributed by atoms with Gasteiger partial charge in [-0.05, 0) is 74.9 Å². The van der Waals surface area contributed by atoms with Crippen LogP contribution in [-0.2, 0) is 0 Å². The number of fused-ring (bicyclic) bond motifs is 1. The number of hydrogen-bond donors (Lipinski definition) is 2. The summed E-state index contributed by atoms with van der Waals surface area (Å²) in [5.74, 6) is 0. The van der Waals surface area contributed by atoms with E-state index in [0.29, 0.717) is 23.1 Å². The first-order valence-electron chi connectivity index (χ1n) is 12.1. The second-order valence-corrected chi connectivity index (χ2v) is 9.82.